The Morgan fingerprint density at radius 1 is 1.37 bits per heavy atom. The molecule has 1 aromatic rings. The van der Waals surface area contributed by atoms with E-state index in [1.807, 2.05) is 30.0 Å². The first-order chi connectivity index (χ1) is 9.10. The SMILES string of the molecule is COC(=O)CN1CCN(c2cccc(C)c2)CC1=O. The van der Waals surface area contributed by atoms with Gasteiger partial charge in [-0.2, -0.15) is 0 Å². The van der Waals surface area contributed by atoms with Gasteiger partial charge in [0, 0.05) is 18.8 Å². The minimum atomic E-state index is -0.377. The van der Waals surface area contributed by atoms with E-state index in [4.69, 9.17) is 0 Å². The lowest BCUT2D eigenvalue weighted by molar-refractivity contribution is -0.147. The van der Waals surface area contributed by atoms with Crippen LogP contribution in [-0.4, -0.2) is 50.1 Å². The molecule has 0 aromatic heterocycles. The van der Waals surface area contributed by atoms with Crippen molar-refractivity contribution in [3.8, 4) is 0 Å². The third-order valence-corrected chi connectivity index (χ3v) is 3.23. The largest absolute Gasteiger partial charge is 0.468 e. The van der Waals surface area contributed by atoms with Crippen molar-refractivity contribution in [3.05, 3.63) is 29.8 Å². The van der Waals surface area contributed by atoms with Crippen molar-refractivity contribution in [3.63, 3.8) is 0 Å². The quantitative estimate of drug-likeness (QED) is 0.757. The number of amides is 1. The van der Waals surface area contributed by atoms with Crippen LogP contribution in [0.1, 0.15) is 5.56 Å². The molecule has 5 heteroatoms. The molecule has 2 rings (SSSR count). The van der Waals surface area contributed by atoms with Gasteiger partial charge in [0.05, 0.1) is 13.7 Å². The van der Waals surface area contributed by atoms with Crippen LogP contribution in [-0.2, 0) is 14.3 Å². The number of methoxy groups -OCH3 is 1. The molecular weight excluding hydrogens is 244 g/mol. The summed E-state index contributed by atoms with van der Waals surface area (Å²) in [6.45, 7) is 3.64. The molecule has 1 heterocycles. The highest BCUT2D eigenvalue weighted by Gasteiger charge is 2.25. The van der Waals surface area contributed by atoms with Crippen molar-refractivity contribution in [1.29, 1.82) is 0 Å². The molecule has 1 fully saturated rings. The van der Waals surface area contributed by atoms with Crippen molar-refractivity contribution in [2.75, 3.05) is 38.2 Å². The number of piperazine rings is 1. The monoisotopic (exact) mass is 262 g/mol. The summed E-state index contributed by atoms with van der Waals surface area (Å²) in [5.41, 5.74) is 2.22. The average molecular weight is 262 g/mol. The normalized spacial score (nSPS) is 15.6. The van der Waals surface area contributed by atoms with Gasteiger partial charge < -0.3 is 14.5 Å². The number of esters is 1. The van der Waals surface area contributed by atoms with Gasteiger partial charge in [-0.1, -0.05) is 12.1 Å². The topological polar surface area (TPSA) is 49.9 Å². The first kappa shape index (κ1) is 13.4. The molecule has 19 heavy (non-hydrogen) atoms. The Kier molecular flexibility index (Phi) is 4.04. The highest BCUT2D eigenvalue weighted by molar-refractivity contribution is 5.86. The Balaban J connectivity index is 2.00. The highest BCUT2D eigenvalue weighted by Crippen LogP contribution is 2.18. The van der Waals surface area contributed by atoms with E-state index >= 15 is 0 Å². The lowest BCUT2D eigenvalue weighted by Crippen LogP contribution is -2.52. The number of carbonyl (C=O) groups excluding carboxylic acids is 2. The lowest BCUT2D eigenvalue weighted by Gasteiger charge is -2.35. The van der Waals surface area contributed by atoms with Crippen molar-refractivity contribution in [2.45, 2.75) is 6.92 Å². The summed E-state index contributed by atoms with van der Waals surface area (Å²) in [7, 11) is 1.33. The summed E-state index contributed by atoms with van der Waals surface area (Å²) in [5.74, 6) is -0.421. The fraction of sp³-hybridized carbons (Fsp3) is 0.429. The van der Waals surface area contributed by atoms with Crippen molar-refractivity contribution < 1.29 is 14.3 Å². The fourth-order valence-electron chi connectivity index (χ4n) is 2.14. The van der Waals surface area contributed by atoms with Crippen molar-refractivity contribution in [2.24, 2.45) is 0 Å². The third-order valence-electron chi connectivity index (χ3n) is 3.23. The molecule has 0 radical (unpaired) electrons. The molecule has 5 nitrogen and oxygen atoms in total. The second-order valence-electron chi connectivity index (χ2n) is 4.65. The molecule has 0 unspecified atom stereocenters. The lowest BCUT2D eigenvalue weighted by atomic mass is 10.2. The Morgan fingerprint density at radius 2 is 2.16 bits per heavy atom. The van der Waals surface area contributed by atoms with Crippen LogP contribution in [0.5, 0.6) is 0 Å². The highest BCUT2D eigenvalue weighted by atomic mass is 16.5. The van der Waals surface area contributed by atoms with E-state index in [9.17, 15) is 9.59 Å². The van der Waals surface area contributed by atoms with Gasteiger partial charge in [-0.3, -0.25) is 9.59 Å². The van der Waals surface area contributed by atoms with E-state index < -0.39 is 0 Å². The molecule has 1 aliphatic heterocycles. The molecule has 0 aliphatic carbocycles. The average Bonchev–Trinajstić information content (AvgIpc) is 2.41. The van der Waals surface area contributed by atoms with Crippen LogP contribution in [0.25, 0.3) is 0 Å². The van der Waals surface area contributed by atoms with Crippen LogP contribution < -0.4 is 4.90 Å². The van der Waals surface area contributed by atoms with E-state index in [2.05, 4.69) is 10.8 Å². The number of hydrogen-bond acceptors (Lipinski definition) is 4. The van der Waals surface area contributed by atoms with Gasteiger partial charge in [0.1, 0.15) is 6.54 Å². The van der Waals surface area contributed by atoms with Gasteiger partial charge >= 0.3 is 5.97 Å². The zero-order chi connectivity index (χ0) is 13.8. The Bertz CT molecular complexity index is 487. The Morgan fingerprint density at radius 3 is 2.79 bits per heavy atom. The molecule has 1 aliphatic rings. The molecule has 0 saturated carbocycles. The maximum atomic E-state index is 12.0. The molecule has 0 atom stereocenters. The second kappa shape index (κ2) is 5.73. The minimum absolute atomic E-state index is 0.0387. The smallest absolute Gasteiger partial charge is 0.325 e. The van der Waals surface area contributed by atoms with Crippen LogP contribution in [0.4, 0.5) is 5.69 Å². The Labute approximate surface area is 112 Å². The van der Waals surface area contributed by atoms with Crippen LogP contribution in [0.15, 0.2) is 24.3 Å². The summed E-state index contributed by atoms with van der Waals surface area (Å²) >= 11 is 0. The van der Waals surface area contributed by atoms with Gasteiger partial charge in [0.25, 0.3) is 0 Å². The predicted molar refractivity (Wildman–Crippen MR) is 72.0 cm³/mol. The number of rotatable bonds is 3. The summed E-state index contributed by atoms with van der Waals surface area (Å²) in [6.07, 6.45) is 0. The number of ether oxygens (including phenoxy) is 1. The summed E-state index contributed by atoms with van der Waals surface area (Å²) in [4.78, 5) is 26.8. The number of anilines is 1. The maximum absolute atomic E-state index is 12.0. The van der Waals surface area contributed by atoms with Gasteiger partial charge in [-0.25, -0.2) is 0 Å². The zero-order valence-corrected chi connectivity index (χ0v) is 11.3. The van der Waals surface area contributed by atoms with E-state index in [1.54, 1.807) is 0 Å². The molecule has 1 aromatic carbocycles. The first-order valence-corrected chi connectivity index (χ1v) is 6.26. The van der Waals surface area contributed by atoms with Gasteiger partial charge in [-0.05, 0) is 24.6 Å². The Hall–Kier alpha value is -2.04. The predicted octanol–water partition coefficient (Wildman–Crippen LogP) is 0.817. The second-order valence-corrected chi connectivity index (χ2v) is 4.65. The summed E-state index contributed by atoms with van der Waals surface area (Å²) in [5, 5.41) is 0. The van der Waals surface area contributed by atoms with Gasteiger partial charge in [0.15, 0.2) is 0 Å². The van der Waals surface area contributed by atoms with E-state index in [-0.39, 0.29) is 18.4 Å². The van der Waals surface area contributed by atoms with Crippen LogP contribution >= 0.6 is 0 Å². The van der Waals surface area contributed by atoms with Crippen LogP contribution in [0.3, 0.4) is 0 Å². The first-order valence-electron chi connectivity index (χ1n) is 6.26. The molecule has 1 amide bonds. The van der Waals surface area contributed by atoms with Gasteiger partial charge in [0.2, 0.25) is 5.91 Å². The number of benzene rings is 1. The molecule has 1 saturated heterocycles. The molecule has 102 valence electrons. The van der Waals surface area contributed by atoms with E-state index in [0.29, 0.717) is 13.1 Å². The number of hydrogen-bond donors (Lipinski definition) is 0. The van der Waals surface area contributed by atoms with Crippen LogP contribution in [0, 0.1) is 6.92 Å². The van der Waals surface area contributed by atoms with E-state index in [0.717, 1.165) is 12.2 Å². The van der Waals surface area contributed by atoms with E-state index in [1.165, 1.54) is 17.6 Å². The standard InChI is InChI=1S/C14H18N2O3/c1-11-4-3-5-12(8-11)15-6-7-16(13(17)9-15)10-14(18)19-2/h3-5,8H,6-7,9-10H2,1-2H3. The fourth-order valence-corrected chi connectivity index (χ4v) is 2.14. The molecule has 0 N–H and O–H groups in total. The van der Waals surface area contributed by atoms with Crippen molar-refractivity contribution >= 4 is 17.6 Å². The summed E-state index contributed by atoms with van der Waals surface area (Å²) in [6, 6.07) is 8.06. The number of aryl methyl sites for hydroxylation is 1. The molecule has 0 bridgehead atoms. The van der Waals surface area contributed by atoms with Crippen molar-refractivity contribution in [1.82, 2.24) is 4.90 Å². The number of nitrogens with zero attached hydrogens (tertiary/aromatic N) is 2. The molecule has 0 spiro atoms. The summed E-state index contributed by atoms with van der Waals surface area (Å²) < 4.78 is 4.58. The maximum Gasteiger partial charge on any atom is 0.325 e. The number of carbonyl (C=O) groups is 2. The third kappa shape index (κ3) is 3.24. The zero-order valence-electron chi connectivity index (χ0n) is 11.3. The molecular formula is C14H18N2O3. The minimum Gasteiger partial charge on any atom is -0.468 e. The van der Waals surface area contributed by atoms with Gasteiger partial charge in [-0.15, -0.1) is 0 Å². The van der Waals surface area contributed by atoms with Crippen LogP contribution in [0.2, 0.25) is 0 Å².